The van der Waals surface area contributed by atoms with Gasteiger partial charge in [-0.1, -0.05) is 19.8 Å². The molecule has 4 rings (SSSR count). The molecule has 1 atom stereocenters. The van der Waals surface area contributed by atoms with Crippen LogP contribution in [0.5, 0.6) is 5.75 Å². The molecule has 2 N–H and O–H groups in total. The van der Waals surface area contributed by atoms with Crippen LogP contribution in [0.2, 0.25) is 0 Å². The van der Waals surface area contributed by atoms with E-state index in [2.05, 4.69) is 15.6 Å². The van der Waals surface area contributed by atoms with Gasteiger partial charge in [-0.15, -0.1) is 0 Å². The molecule has 0 aliphatic carbocycles. The Morgan fingerprint density at radius 3 is 2.78 bits per heavy atom. The van der Waals surface area contributed by atoms with Crippen LogP contribution in [0.15, 0.2) is 36.7 Å². The number of fused-ring (bicyclic) bond motifs is 1. The van der Waals surface area contributed by atoms with Gasteiger partial charge in [-0.25, -0.2) is 0 Å². The molecule has 0 saturated carbocycles. The van der Waals surface area contributed by atoms with Gasteiger partial charge in [0, 0.05) is 37.5 Å². The molecule has 9 heteroatoms. The third-order valence-electron chi connectivity index (χ3n) is 6.59. The lowest BCUT2D eigenvalue weighted by atomic mass is 10.0. The summed E-state index contributed by atoms with van der Waals surface area (Å²) >= 11 is 0. The van der Waals surface area contributed by atoms with Crippen molar-refractivity contribution in [1.82, 2.24) is 20.5 Å². The van der Waals surface area contributed by atoms with E-state index in [1.807, 2.05) is 19.1 Å². The van der Waals surface area contributed by atoms with Gasteiger partial charge in [0.25, 0.3) is 11.8 Å². The first-order chi connectivity index (χ1) is 17.5. The number of hydrogen-bond donors (Lipinski definition) is 2. The minimum absolute atomic E-state index is 0.0904. The summed E-state index contributed by atoms with van der Waals surface area (Å²) < 4.78 is 5.88. The van der Waals surface area contributed by atoms with E-state index in [0.717, 1.165) is 43.2 Å². The second-order valence-corrected chi connectivity index (χ2v) is 9.17. The average molecular weight is 493 g/mol. The number of imide groups is 1. The molecule has 9 nitrogen and oxygen atoms in total. The van der Waals surface area contributed by atoms with Gasteiger partial charge in [0.1, 0.15) is 11.8 Å². The highest BCUT2D eigenvalue weighted by Crippen LogP contribution is 2.30. The Hall–Kier alpha value is -3.75. The Bertz CT molecular complexity index is 1150. The number of ether oxygens (including phenoxy) is 1. The molecule has 1 aromatic heterocycles. The van der Waals surface area contributed by atoms with Crippen LogP contribution in [0.25, 0.3) is 0 Å². The number of carbonyl (C=O) groups is 4. The topological polar surface area (TPSA) is 118 Å². The summed E-state index contributed by atoms with van der Waals surface area (Å²) in [5, 5.41) is 5.26. The first kappa shape index (κ1) is 25.3. The molecule has 1 aromatic carbocycles. The predicted molar refractivity (Wildman–Crippen MR) is 132 cm³/mol. The molecule has 1 saturated heterocycles. The van der Waals surface area contributed by atoms with Crippen molar-refractivity contribution in [2.24, 2.45) is 0 Å². The highest BCUT2D eigenvalue weighted by atomic mass is 16.5. The molecule has 2 aliphatic heterocycles. The van der Waals surface area contributed by atoms with Gasteiger partial charge >= 0.3 is 0 Å². The second kappa shape index (κ2) is 11.8. The number of benzene rings is 1. The molecule has 0 spiro atoms. The molecule has 0 radical (unpaired) electrons. The van der Waals surface area contributed by atoms with Crippen LogP contribution in [0.1, 0.15) is 77.3 Å². The van der Waals surface area contributed by atoms with Crippen molar-refractivity contribution in [3.05, 3.63) is 58.9 Å². The van der Waals surface area contributed by atoms with Gasteiger partial charge in [-0.05, 0) is 61.1 Å². The molecule has 4 amide bonds. The van der Waals surface area contributed by atoms with Gasteiger partial charge in [0.05, 0.1) is 12.2 Å². The van der Waals surface area contributed by atoms with Crippen molar-refractivity contribution >= 4 is 23.6 Å². The monoisotopic (exact) mass is 492 g/mol. The first-order valence-electron chi connectivity index (χ1n) is 12.6. The van der Waals surface area contributed by atoms with Crippen LogP contribution in [0.3, 0.4) is 0 Å². The van der Waals surface area contributed by atoms with Crippen molar-refractivity contribution < 1.29 is 23.9 Å². The molecule has 0 bridgehead atoms. The van der Waals surface area contributed by atoms with E-state index in [0.29, 0.717) is 43.0 Å². The number of nitrogens with one attached hydrogen (secondary N) is 2. The Labute approximate surface area is 210 Å². The van der Waals surface area contributed by atoms with Gasteiger partial charge < -0.3 is 15.0 Å². The number of aryl methyl sites for hydroxylation is 1. The Kier molecular flexibility index (Phi) is 8.30. The zero-order chi connectivity index (χ0) is 25.5. The van der Waals surface area contributed by atoms with E-state index in [4.69, 9.17) is 4.74 Å². The van der Waals surface area contributed by atoms with Crippen LogP contribution in [0, 0.1) is 0 Å². The number of pyridine rings is 1. The minimum atomic E-state index is -0.616. The smallest absolute Gasteiger partial charge is 0.255 e. The molecule has 1 fully saturated rings. The van der Waals surface area contributed by atoms with Gasteiger partial charge in [-0.2, -0.15) is 0 Å². The fourth-order valence-electron chi connectivity index (χ4n) is 4.52. The number of rotatable bonds is 11. The molecule has 190 valence electrons. The zero-order valence-corrected chi connectivity index (χ0v) is 20.5. The van der Waals surface area contributed by atoms with E-state index in [1.165, 1.54) is 4.90 Å². The van der Waals surface area contributed by atoms with Crippen molar-refractivity contribution in [2.75, 3.05) is 13.2 Å². The molecule has 2 aromatic rings. The molecule has 2 aliphatic rings. The van der Waals surface area contributed by atoms with Gasteiger partial charge in [-0.3, -0.25) is 29.5 Å². The Morgan fingerprint density at radius 1 is 1.14 bits per heavy atom. The Morgan fingerprint density at radius 2 is 1.97 bits per heavy atom. The molecule has 36 heavy (non-hydrogen) atoms. The summed E-state index contributed by atoms with van der Waals surface area (Å²) in [6, 6.07) is 6.64. The Balaban J connectivity index is 1.14. The van der Waals surface area contributed by atoms with Crippen molar-refractivity contribution in [1.29, 1.82) is 0 Å². The third-order valence-corrected chi connectivity index (χ3v) is 6.59. The van der Waals surface area contributed by atoms with E-state index in [1.54, 1.807) is 24.5 Å². The summed E-state index contributed by atoms with van der Waals surface area (Å²) in [7, 11) is 0. The zero-order valence-electron chi connectivity index (χ0n) is 20.5. The quantitative estimate of drug-likeness (QED) is 0.368. The number of hydrogen-bond acceptors (Lipinski definition) is 6. The maximum atomic E-state index is 12.8. The first-order valence-corrected chi connectivity index (χ1v) is 12.6. The third kappa shape index (κ3) is 6.08. The van der Waals surface area contributed by atoms with Crippen molar-refractivity contribution in [2.45, 2.75) is 64.5 Å². The number of unbranched alkanes of at least 4 members (excludes halogenated alkanes) is 3. The van der Waals surface area contributed by atoms with Gasteiger partial charge in [0.2, 0.25) is 11.8 Å². The lowest BCUT2D eigenvalue weighted by Crippen LogP contribution is -2.52. The molecule has 3 heterocycles. The molecule has 1 unspecified atom stereocenters. The van der Waals surface area contributed by atoms with Crippen LogP contribution < -0.4 is 15.4 Å². The van der Waals surface area contributed by atoms with E-state index < -0.39 is 11.9 Å². The van der Waals surface area contributed by atoms with Crippen molar-refractivity contribution in [3.8, 4) is 5.75 Å². The second-order valence-electron chi connectivity index (χ2n) is 9.17. The van der Waals surface area contributed by atoms with E-state index in [9.17, 15) is 19.2 Å². The maximum Gasteiger partial charge on any atom is 0.255 e. The number of nitrogens with zero attached hydrogens (tertiary/aromatic N) is 2. The molecular formula is C27H32N4O5. The average Bonchev–Trinajstić information content (AvgIpc) is 3.20. The maximum absolute atomic E-state index is 12.8. The number of amides is 4. The summed E-state index contributed by atoms with van der Waals surface area (Å²) in [6.07, 6.45) is 8.54. The fraction of sp³-hybridized carbons (Fsp3) is 0.444. The minimum Gasteiger partial charge on any atom is -0.494 e. The normalized spacial score (nSPS) is 17.1. The molecular weight excluding hydrogens is 460 g/mol. The summed E-state index contributed by atoms with van der Waals surface area (Å²) in [5.41, 5.74) is 3.05. The van der Waals surface area contributed by atoms with Crippen molar-refractivity contribution in [3.63, 3.8) is 0 Å². The number of carbonyl (C=O) groups excluding carboxylic acids is 4. The lowest BCUT2D eigenvalue weighted by molar-refractivity contribution is -0.136. The highest BCUT2D eigenvalue weighted by Gasteiger charge is 2.39. The van der Waals surface area contributed by atoms with Crippen LogP contribution in [0.4, 0.5) is 0 Å². The predicted octanol–water partition coefficient (Wildman–Crippen LogP) is 2.77. The van der Waals surface area contributed by atoms with E-state index in [-0.39, 0.29) is 24.1 Å². The summed E-state index contributed by atoms with van der Waals surface area (Å²) in [4.78, 5) is 54.2. The standard InChI is InChI=1S/C27H32N4O5/c1-2-18-13-19(16-28-15-18)25(33)29-11-5-3-4-6-12-36-21-7-8-22-20(14-21)17-31(27(22)35)23-9-10-24(32)30-26(23)34/h7-8,13-16,23H,2-6,9-12,17H2,1H3,(H,29,33)(H,30,32,34). The van der Waals surface area contributed by atoms with E-state index >= 15 is 0 Å². The fourth-order valence-corrected chi connectivity index (χ4v) is 4.52. The number of aromatic nitrogens is 1. The van der Waals surface area contributed by atoms with Crippen LogP contribution >= 0.6 is 0 Å². The van der Waals surface area contributed by atoms with Crippen LogP contribution in [-0.4, -0.2) is 52.7 Å². The number of piperidine rings is 1. The summed E-state index contributed by atoms with van der Waals surface area (Å²) in [6.45, 7) is 3.55. The highest BCUT2D eigenvalue weighted by molar-refractivity contribution is 6.05. The van der Waals surface area contributed by atoms with Crippen LogP contribution in [-0.2, 0) is 22.6 Å². The van der Waals surface area contributed by atoms with Gasteiger partial charge in [0.15, 0.2) is 0 Å². The lowest BCUT2D eigenvalue weighted by Gasteiger charge is -2.29. The SMILES string of the molecule is CCc1cncc(C(=O)NCCCCCCOc2ccc3c(c2)CN(C2CCC(=O)NC2=O)C3=O)c1. The summed E-state index contributed by atoms with van der Waals surface area (Å²) in [5.74, 6) is -0.288. The largest absolute Gasteiger partial charge is 0.494 e.